The van der Waals surface area contributed by atoms with Gasteiger partial charge < -0.3 is 4.90 Å². The number of para-hydroxylation sites is 1. The lowest BCUT2D eigenvalue weighted by atomic mass is 10.0. The largest absolute Gasteiger partial charge is 0.314 e. The van der Waals surface area contributed by atoms with E-state index in [1.165, 1.54) is 9.91 Å². The summed E-state index contributed by atoms with van der Waals surface area (Å²) in [7, 11) is 1.69. The molecule has 0 N–H and O–H groups in total. The van der Waals surface area contributed by atoms with Gasteiger partial charge >= 0.3 is 0 Å². The molecule has 2 amide bonds. The molecule has 0 saturated heterocycles. The second-order valence-electron chi connectivity index (χ2n) is 5.79. The van der Waals surface area contributed by atoms with Crippen molar-refractivity contribution in [2.45, 2.75) is 12.8 Å². The lowest BCUT2D eigenvalue weighted by Crippen LogP contribution is -2.41. The van der Waals surface area contributed by atoms with E-state index in [4.69, 9.17) is 11.6 Å². The van der Waals surface area contributed by atoms with Gasteiger partial charge in [-0.15, -0.1) is 0 Å². The van der Waals surface area contributed by atoms with E-state index in [2.05, 4.69) is 5.10 Å². The van der Waals surface area contributed by atoms with Gasteiger partial charge in [0.25, 0.3) is 0 Å². The Bertz CT molecular complexity index is 803. The van der Waals surface area contributed by atoms with E-state index in [0.717, 1.165) is 17.0 Å². The van der Waals surface area contributed by atoms with Gasteiger partial charge in [0.05, 0.1) is 5.71 Å². The van der Waals surface area contributed by atoms with Crippen LogP contribution in [0.5, 0.6) is 0 Å². The number of benzene rings is 2. The van der Waals surface area contributed by atoms with E-state index in [9.17, 15) is 9.59 Å². The molecular weight excluding hydrogens is 338 g/mol. The monoisotopic (exact) mass is 355 g/mol. The second kappa shape index (κ2) is 7.49. The molecule has 0 aliphatic carbocycles. The van der Waals surface area contributed by atoms with Crippen molar-refractivity contribution in [2.24, 2.45) is 5.10 Å². The molecule has 6 heteroatoms. The maximum atomic E-state index is 12.5. The van der Waals surface area contributed by atoms with Crippen molar-refractivity contribution in [2.75, 3.05) is 18.5 Å². The molecule has 1 aliphatic rings. The van der Waals surface area contributed by atoms with Gasteiger partial charge in [0.2, 0.25) is 11.8 Å². The van der Waals surface area contributed by atoms with Crippen LogP contribution in [-0.4, -0.2) is 36.1 Å². The summed E-state index contributed by atoms with van der Waals surface area (Å²) in [6, 6.07) is 16.6. The van der Waals surface area contributed by atoms with E-state index in [1.807, 2.05) is 42.5 Å². The van der Waals surface area contributed by atoms with E-state index in [-0.39, 0.29) is 18.4 Å². The fraction of sp³-hybridized carbons (Fsp3) is 0.211. The summed E-state index contributed by atoms with van der Waals surface area (Å²) in [6.07, 6.45) is 0.892. The summed E-state index contributed by atoms with van der Waals surface area (Å²) in [5.41, 5.74) is 2.47. The smallest absolute Gasteiger partial charge is 0.248 e. The number of carbonyl (C=O) groups excluding carboxylic acids is 2. The number of halogens is 1. The minimum Gasteiger partial charge on any atom is -0.314 e. The van der Waals surface area contributed by atoms with Crippen LogP contribution in [-0.2, 0) is 9.59 Å². The van der Waals surface area contributed by atoms with Crippen molar-refractivity contribution < 1.29 is 9.59 Å². The Morgan fingerprint density at radius 3 is 2.48 bits per heavy atom. The SMILES string of the molecule is CN(C(=O)CN1N=C(c2ccc(Cl)cc2)CCC1=O)c1ccccc1. The van der Waals surface area contributed by atoms with Crippen LogP contribution in [0.4, 0.5) is 5.69 Å². The molecule has 0 fully saturated rings. The normalized spacial score (nSPS) is 14.2. The first-order valence-corrected chi connectivity index (χ1v) is 8.38. The molecule has 1 aliphatic heterocycles. The first kappa shape index (κ1) is 17.2. The highest BCUT2D eigenvalue weighted by Crippen LogP contribution is 2.18. The molecule has 3 rings (SSSR count). The van der Waals surface area contributed by atoms with Gasteiger partial charge in [0.15, 0.2) is 0 Å². The standard InChI is InChI=1S/C19H18ClN3O2/c1-22(16-5-3-2-4-6-16)19(25)13-23-18(24)12-11-17(21-23)14-7-9-15(20)10-8-14/h2-10H,11-13H2,1H3. The number of likely N-dealkylation sites (N-methyl/N-ethyl adjacent to an activating group) is 1. The number of nitrogens with zero attached hydrogens (tertiary/aromatic N) is 3. The maximum absolute atomic E-state index is 12.5. The van der Waals surface area contributed by atoms with Gasteiger partial charge in [-0.2, -0.15) is 5.10 Å². The molecule has 0 unspecified atom stereocenters. The Morgan fingerprint density at radius 2 is 1.80 bits per heavy atom. The number of carbonyl (C=O) groups is 2. The van der Waals surface area contributed by atoms with Gasteiger partial charge in [-0.1, -0.05) is 41.9 Å². The summed E-state index contributed by atoms with van der Waals surface area (Å²) < 4.78 is 0. The van der Waals surface area contributed by atoms with Crippen molar-refractivity contribution in [1.29, 1.82) is 0 Å². The number of amides is 2. The molecular formula is C19H18ClN3O2. The predicted octanol–water partition coefficient (Wildman–Crippen LogP) is 3.33. The lowest BCUT2D eigenvalue weighted by molar-refractivity contribution is -0.135. The Labute approximate surface area is 151 Å². The molecule has 0 radical (unpaired) electrons. The third-order valence-corrected chi connectivity index (χ3v) is 4.34. The van der Waals surface area contributed by atoms with Crippen LogP contribution in [0.25, 0.3) is 0 Å². The summed E-state index contributed by atoms with van der Waals surface area (Å²) in [5, 5.41) is 6.29. The highest BCUT2D eigenvalue weighted by molar-refractivity contribution is 6.30. The second-order valence-corrected chi connectivity index (χ2v) is 6.23. The predicted molar refractivity (Wildman–Crippen MR) is 98.8 cm³/mol. The van der Waals surface area contributed by atoms with E-state index in [0.29, 0.717) is 17.9 Å². The maximum Gasteiger partial charge on any atom is 0.248 e. The molecule has 1 heterocycles. The van der Waals surface area contributed by atoms with Crippen LogP contribution < -0.4 is 4.90 Å². The number of hydrogen-bond acceptors (Lipinski definition) is 3. The zero-order valence-corrected chi connectivity index (χ0v) is 14.6. The summed E-state index contributed by atoms with van der Waals surface area (Å²) in [5.74, 6) is -0.340. The number of anilines is 1. The molecule has 5 nitrogen and oxygen atoms in total. The molecule has 128 valence electrons. The Kier molecular flexibility index (Phi) is 5.14. The Morgan fingerprint density at radius 1 is 1.12 bits per heavy atom. The van der Waals surface area contributed by atoms with E-state index < -0.39 is 0 Å². The van der Waals surface area contributed by atoms with E-state index in [1.54, 1.807) is 19.2 Å². The Hall–Kier alpha value is -2.66. The first-order valence-electron chi connectivity index (χ1n) is 8.00. The van der Waals surface area contributed by atoms with Crippen molar-refractivity contribution >= 4 is 34.8 Å². The summed E-state index contributed by atoms with van der Waals surface area (Å²) in [4.78, 5) is 26.2. The number of hydrazone groups is 1. The van der Waals surface area contributed by atoms with Crippen molar-refractivity contribution in [3.05, 3.63) is 65.2 Å². The molecule has 25 heavy (non-hydrogen) atoms. The third-order valence-electron chi connectivity index (χ3n) is 4.09. The van der Waals surface area contributed by atoms with Crippen LogP contribution in [0.3, 0.4) is 0 Å². The van der Waals surface area contributed by atoms with Gasteiger partial charge in [-0.25, -0.2) is 5.01 Å². The average molecular weight is 356 g/mol. The van der Waals surface area contributed by atoms with Gasteiger partial charge in [0, 0.05) is 30.6 Å². The summed E-state index contributed by atoms with van der Waals surface area (Å²) in [6.45, 7) is -0.0820. The quantitative estimate of drug-likeness (QED) is 0.844. The fourth-order valence-corrected chi connectivity index (χ4v) is 2.73. The highest BCUT2D eigenvalue weighted by Gasteiger charge is 2.24. The average Bonchev–Trinajstić information content (AvgIpc) is 2.64. The van der Waals surface area contributed by atoms with Gasteiger partial charge in [0.1, 0.15) is 6.54 Å². The van der Waals surface area contributed by atoms with Crippen molar-refractivity contribution in [3.8, 4) is 0 Å². The van der Waals surface area contributed by atoms with Gasteiger partial charge in [-0.05, 0) is 29.8 Å². The van der Waals surface area contributed by atoms with Crippen LogP contribution in [0.2, 0.25) is 5.02 Å². The molecule has 0 saturated carbocycles. The zero-order valence-electron chi connectivity index (χ0n) is 13.9. The molecule has 2 aromatic rings. The third kappa shape index (κ3) is 4.06. The first-order chi connectivity index (χ1) is 12.0. The lowest BCUT2D eigenvalue weighted by Gasteiger charge is -2.25. The van der Waals surface area contributed by atoms with Crippen molar-refractivity contribution in [3.63, 3.8) is 0 Å². The van der Waals surface area contributed by atoms with Crippen LogP contribution >= 0.6 is 11.6 Å². The van der Waals surface area contributed by atoms with Gasteiger partial charge in [-0.3, -0.25) is 9.59 Å². The van der Waals surface area contributed by atoms with E-state index >= 15 is 0 Å². The molecule has 2 aromatic carbocycles. The van der Waals surface area contributed by atoms with Crippen LogP contribution in [0, 0.1) is 0 Å². The number of hydrogen-bond donors (Lipinski definition) is 0. The summed E-state index contributed by atoms with van der Waals surface area (Å²) >= 11 is 5.91. The minimum absolute atomic E-state index is 0.0820. The van der Waals surface area contributed by atoms with Crippen molar-refractivity contribution in [1.82, 2.24) is 5.01 Å². The fourth-order valence-electron chi connectivity index (χ4n) is 2.60. The molecule has 0 bridgehead atoms. The van der Waals surface area contributed by atoms with Crippen LogP contribution in [0.1, 0.15) is 18.4 Å². The number of rotatable bonds is 4. The minimum atomic E-state index is -0.194. The molecule has 0 spiro atoms. The topological polar surface area (TPSA) is 53.0 Å². The molecule has 0 atom stereocenters. The molecule has 0 aromatic heterocycles. The Balaban J connectivity index is 1.76. The zero-order chi connectivity index (χ0) is 17.8. The van der Waals surface area contributed by atoms with Crippen LogP contribution in [0.15, 0.2) is 59.7 Å². The highest BCUT2D eigenvalue weighted by atomic mass is 35.5.